The highest BCUT2D eigenvalue weighted by Crippen LogP contribution is 2.12. The number of carbonyl (C=O) groups is 2. The Balaban J connectivity index is 0. The third-order valence-corrected chi connectivity index (χ3v) is 7.11. The van der Waals surface area contributed by atoms with Crippen LogP contribution in [0.4, 0.5) is 0 Å². The van der Waals surface area contributed by atoms with Crippen LogP contribution < -0.4 is 0 Å². The minimum atomic E-state index is -0.659. The summed E-state index contributed by atoms with van der Waals surface area (Å²) in [7, 11) is 0. The second kappa shape index (κ2) is 37.4. The second-order valence-electron chi connectivity index (χ2n) is 11.3. The molecule has 0 aromatic heterocycles. The molecule has 0 bridgehead atoms. The van der Waals surface area contributed by atoms with Gasteiger partial charge in [-0.2, -0.15) is 0 Å². The van der Waals surface area contributed by atoms with E-state index >= 15 is 0 Å². The minimum Gasteiger partial charge on any atom is -0.481 e. The van der Waals surface area contributed by atoms with Crippen molar-refractivity contribution in [3.05, 3.63) is 24.3 Å². The first-order valence-electron chi connectivity index (χ1n) is 17.2. The minimum absolute atomic E-state index is 0.159. The molecule has 0 aliphatic carbocycles. The van der Waals surface area contributed by atoms with Crippen LogP contribution in [-0.4, -0.2) is 23.7 Å². The maximum atomic E-state index is 10.6. The summed E-state index contributed by atoms with van der Waals surface area (Å²) in [5, 5.41) is 8.51. The number of hydrogen-bond donors (Lipinski definition) is 1. The summed E-state index contributed by atoms with van der Waals surface area (Å²) in [4.78, 5) is 20.9. The van der Waals surface area contributed by atoms with Crippen LogP contribution in [0.15, 0.2) is 24.3 Å². The van der Waals surface area contributed by atoms with Crippen LogP contribution >= 0.6 is 0 Å². The van der Waals surface area contributed by atoms with E-state index in [0.717, 1.165) is 19.3 Å². The number of carbonyl (C=O) groups excluding carboxylic acids is 1. The van der Waals surface area contributed by atoms with Crippen LogP contribution in [0.5, 0.6) is 0 Å². The fourth-order valence-electron chi connectivity index (χ4n) is 4.53. The molecule has 4 heteroatoms. The van der Waals surface area contributed by atoms with E-state index in [2.05, 4.69) is 38.2 Å². The molecule has 40 heavy (non-hydrogen) atoms. The maximum Gasteiger partial charge on any atom is 0.303 e. The number of rotatable bonds is 29. The Hall–Kier alpha value is -1.58. The van der Waals surface area contributed by atoms with Crippen LogP contribution in [-0.2, 0) is 14.3 Å². The monoisotopic (exact) mass is 565 g/mol. The number of hydrogen-bond acceptors (Lipinski definition) is 3. The highest BCUT2D eigenvalue weighted by Gasteiger charge is 1.97. The van der Waals surface area contributed by atoms with Crippen molar-refractivity contribution in [2.45, 2.75) is 188 Å². The lowest BCUT2D eigenvalue weighted by atomic mass is 10.1. The molecule has 0 saturated heterocycles. The van der Waals surface area contributed by atoms with Crippen LogP contribution in [0.25, 0.3) is 0 Å². The highest BCUT2D eigenvalue weighted by molar-refractivity contribution is 5.66. The summed E-state index contributed by atoms with van der Waals surface area (Å²) in [6.07, 6.45) is 41.3. The lowest BCUT2D eigenvalue weighted by Gasteiger charge is -2.02. The summed E-state index contributed by atoms with van der Waals surface area (Å²) in [5.41, 5.74) is 0. The summed E-state index contributed by atoms with van der Waals surface area (Å²) in [6.45, 7) is 6.54. The normalized spacial score (nSPS) is 11.2. The van der Waals surface area contributed by atoms with E-state index < -0.39 is 5.97 Å². The van der Waals surface area contributed by atoms with Crippen molar-refractivity contribution in [3.63, 3.8) is 0 Å². The first-order chi connectivity index (χ1) is 19.5. The van der Waals surface area contributed by atoms with Crippen molar-refractivity contribution in [1.29, 1.82) is 0 Å². The topological polar surface area (TPSA) is 63.6 Å². The Morgan fingerprint density at radius 3 is 1.18 bits per heavy atom. The van der Waals surface area contributed by atoms with Gasteiger partial charge in [-0.05, 0) is 51.4 Å². The lowest BCUT2D eigenvalue weighted by molar-refractivity contribution is -0.141. The highest BCUT2D eigenvalue weighted by atomic mass is 16.5. The van der Waals surface area contributed by atoms with Crippen LogP contribution in [0.2, 0.25) is 0 Å². The average Bonchev–Trinajstić information content (AvgIpc) is 2.93. The Morgan fingerprint density at radius 2 is 0.825 bits per heavy atom. The van der Waals surface area contributed by atoms with E-state index in [-0.39, 0.29) is 5.97 Å². The van der Waals surface area contributed by atoms with Crippen LogP contribution in [0.3, 0.4) is 0 Å². The van der Waals surface area contributed by atoms with Crippen molar-refractivity contribution in [1.82, 2.24) is 0 Å². The third kappa shape index (κ3) is 43.5. The summed E-state index contributed by atoms with van der Waals surface area (Å²) < 4.78 is 4.90. The van der Waals surface area contributed by atoms with Gasteiger partial charge in [-0.1, -0.05) is 147 Å². The number of allylic oxidation sites excluding steroid dienone is 4. The lowest BCUT2D eigenvalue weighted by Crippen LogP contribution is -2.00. The van der Waals surface area contributed by atoms with Gasteiger partial charge in [0.1, 0.15) is 0 Å². The number of carboxylic acids is 1. The van der Waals surface area contributed by atoms with E-state index in [1.807, 2.05) is 0 Å². The Kier molecular flexibility index (Phi) is 37.9. The van der Waals surface area contributed by atoms with Crippen molar-refractivity contribution in [3.8, 4) is 0 Å². The smallest absolute Gasteiger partial charge is 0.303 e. The van der Waals surface area contributed by atoms with Crippen molar-refractivity contribution in [2.24, 2.45) is 0 Å². The Labute approximate surface area is 249 Å². The first-order valence-corrected chi connectivity index (χ1v) is 17.2. The molecule has 0 aromatic rings. The molecular formula is C36H68O4. The quantitative estimate of drug-likeness (QED) is 0.0557. The zero-order valence-corrected chi connectivity index (χ0v) is 27.1. The zero-order valence-electron chi connectivity index (χ0n) is 27.1. The van der Waals surface area contributed by atoms with Gasteiger partial charge < -0.3 is 9.84 Å². The molecule has 0 unspecified atom stereocenters. The van der Waals surface area contributed by atoms with Gasteiger partial charge in [0.05, 0.1) is 6.61 Å². The van der Waals surface area contributed by atoms with Crippen LogP contribution in [0.1, 0.15) is 188 Å². The molecule has 0 spiro atoms. The fourth-order valence-corrected chi connectivity index (χ4v) is 4.53. The van der Waals surface area contributed by atoms with E-state index in [0.29, 0.717) is 13.0 Å². The molecule has 1 N–H and O–H groups in total. The standard InChI is InChI=1S/2C18H34O2/c1-3-4-5-6-7-8-9-10-11-12-13-14-15-16-17-20-18(2)19;1-2-3-4-5-6-7-8-9-10-11-12-13-14-15-16-17-18(19)20/h6-7H,3-5,8-17H2,1-2H3;5-6H,2-4,7-17H2,1H3,(H,19,20)/b7-6-;6-5-. The van der Waals surface area contributed by atoms with Gasteiger partial charge in [-0.3, -0.25) is 9.59 Å². The van der Waals surface area contributed by atoms with Gasteiger partial charge in [-0.25, -0.2) is 0 Å². The molecule has 0 saturated carbocycles. The molecule has 0 radical (unpaired) electrons. The van der Waals surface area contributed by atoms with Crippen LogP contribution in [0, 0.1) is 0 Å². The zero-order chi connectivity index (χ0) is 29.8. The first kappa shape index (κ1) is 40.6. The molecule has 0 rings (SSSR count). The molecule has 4 nitrogen and oxygen atoms in total. The number of esters is 1. The predicted octanol–water partition coefficient (Wildman–Crippen LogP) is 11.9. The second-order valence-corrected chi connectivity index (χ2v) is 11.3. The van der Waals surface area contributed by atoms with Crippen molar-refractivity contribution < 1.29 is 19.4 Å². The Bertz CT molecular complexity index is 517. The number of unbranched alkanes of at least 4 members (excludes halogenated alkanes) is 21. The molecule has 0 amide bonds. The number of carboxylic acid groups (broad SMARTS) is 1. The summed E-state index contributed by atoms with van der Waals surface area (Å²) in [5.74, 6) is -0.817. The van der Waals surface area contributed by atoms with Gasteiger partial charge in [0.25, 0.3) is 0 Å². The molecule has 0 aromatic carbocycles. The van der Waals surface area contributed by atoms with Gasteiger partial charge >= 0.3 is 11.9 Å². The number of ether oxygens (including phenoxy) is 1. The maximum absolute atomic E-state index is 10.6. The molecule has 0 atom stereocenters. The summed E-state index contributed by atoms with van der Waals surface area (Å²) >= 11 is 0. The fraction of sp³-hybridized carbons (Fsp3) is 0.833. The third-order valence-electron chi connectivity index (χ3n) is 7.11. The molecule has 0 aliphatic heterocycles. The van der Waals surface area contributed by atoms with E-state index in [1.54, 1.807) is 0 Å². The van der Waals surface area contributed by atoms with Crippen molar-refractivity contribution >= 4 is 11.9 Å². The van der Waals surface area contributed by atoms with E-state index in [9.17, 15) is 9.59 Å². The molecular weight excluding hydrogens is 496 g/mol. The molecule has 0 fully saturated rings. The SMILES string of the molecule is CCCC/C=C\CCCCCCCCCCCC(=O)O.CCCC/C=C\CCCCCCCCCCOC(C)=O. The van der Waals surface area contributed by atoms with E-state index in [4.69, 9.17) is 9.84 Å². The van der Waals surface area contributed by atoms with Crippen molar-refractivity contribution in [2.75, 3.05) is 6.61 Å². The van der Waals surface area contributed by atoms with E-state index in [1.165, 1.54) is 148 Å². The molecule has 236 valence electrons. The number of aliphatic carboxylic acids is 1. The van der Waals surface area contributed by atoms with Gasteiger partial charge in [0.15, 0.2) is 0 Å². The summed E-state index contributed by atoms with van der Waals surface area (Å²) in [6, 6.07) is 0. The molecule has 0 aliphatic rings. The Morgan fingerprint density at radius 1 is 0.500 bits per heavy atom. The average molecular weight is 565 g/mol. The largest absolute Gasteiger partial charge is 0.481 e. The molecule has 0 heterocycles. The van der Waals surface area contributed by atoms with Gasteiger partial charge in [0.2, 0.25) is 0 Å². The van der Waals surface area contributed by atoms with Gasteiger partial charge in [-0.15, -0.1) is 0 Å². The van der Waals surface area contributed by atoms with Gasteiger partial charge in [0, 0.05) is 13.3 Å². The predicted molar refractivity (Wildman–Crippen MR) is 174 cm³/mol.